The van der Waals surface area contributed by atoms with E-state index in [0.717, 1.165) is 60.7 Å². The first-order valence-electron chi connectivity index (χ1n) is 9.72. The summed E-state index contributed by atoms with van der Waals surface area (Å²) in [5, 5.41) is 10.3. The van der Waals surface area contributed by atoms with Gasteiger partial charge in [0.15, 0.2) is 5.82 Å². The van der Waals surface area contributed by atoms with Crippen LogP contribution in [0.25, 0.3) is 10.9 Å². The van der Waals surface area contributed by atoms with Crippen LogP contribution in [0.1, 0.15) is 55.4 Å². The van der Waals surface area contributed by atoms with Gasteiger partial charge in [-0.3, -0.25) is 0 Å². The number of anilines is 1. The second kappa shape index (κ2) is 6.34. The van der Waals surface area contributed by atoms with Crippen molar-refractivity contribution >= 4 is 16.7 Å². The van der Waals surface area contributed by atoms with E-state index in [0.29, 0.717) is 0 Å². The molecule has 5 rings (SSSR count). The van der Waals surface area contributed by atoms with E-state index in [2.05, 4.69) is 54.8 Å². The molecule has 26 heavy (non-hydrogen) atoms. The van der Waals surface area contributed by atoms with E-state index in [1.54, 1.807) is 6.33 Å². The van der Waals surface area contributed by atoms with Gasteiger partial charge < -0.3 is 9.47 Å². The van der Waals surface area contributed by atoms with Crippen LogP contribution in [0.5, 0.6) is 0 Å². The van der Waals surface area contributed by atoms with Gasteiger partial charge in [-0.25, -0.2) is 9.97 Å². The van der Waals surface area contributed by atoms with E-state index in [1.165, 1.54) is 24.8 Å². The van der Waals surface area contributed by atoms with Gasteiger partial charge in [0.2, 0.25) is 0 Å². The van der Waals surface area contributed by atoms with Crippen molar-refractivity contribution in [2.45, 2.75) is 58.0 Å². The Labute approximate surface area is 153 Å². The predicted molar refractivity (Wildman–Crippen MR) is 101 cm³/mol. The third-order valence-corrected chi connectivity index (χ3v) is 5.81. The van der Waals surface area contributed by atoms with Gasteiger partial charge in [0, 0.05) is 24.9 Å². The number of fused-ring (bicyclic) bond motifs is 2. The highest BCUT2D eigenvalue weighted by molar-refractivity contribution is 5.91. The normalized spacial score (nSPS) is 20.3. The molecule has 0 spiro atoms. The second-order valence-electron chi connectivity index (χ2n) is 7.46. The van der Waals surface area contributed by atoms with Gasteiger partial charge in [0.05, 0.1) is 11.6 Å². The third-order valence-electron chi connectivity index (χ3n) is 5.81. The number of para-hydroxylation sites is 1. The standard InChI is InChI=1S/C20H24N6/c1-14-7-5-8-15-18(14)21-13-22-19(15)25-12-6-9-16(25)20-24-23-17-10-3-2-4-11-26(17)20/h5,7-8,13,16H,2-4,6,9-12H2,1H3/t16-/m1/s1. The molecule has 1 atom stereocenters. The molecular weight excluding hydrogens is 324 g/mol. The summed E-state index contributed by atoms with van der Waals surface area (Å²) in [7, 11) is 0. The SMILES string of the molecule is Cc1cccc2c(N3CCC[C@@H]3c3nnc4n3CCCCC4)ncnc12. The van der Waals surface area contributed by atoms with Gasteiger partial charge in [-0.2, -0.15) is 0 Å². The molecule has 0 amide bonds. The van der Waals surface area contributed by atoms with Crippen LogP contribution in [0.15, 0.2) is 24.5 Å². The number of benzene rings is 1. The molecule has 1 aromatic carbocycles. The first kappa shape index (κ1) is 15.7. The molecule has 0 aliphatic carbocycles. The van der Waals surface area contributed by atoms with E-state index in [9.17, 15) is 0 Å². The Balaban J connectivity index is 1.59. The summed E-state index contributed by atoms with van der Waals surface area (Å²) in [5.41, 5.74) is 2.24. The van der Waals surface area contributed by atoms with Crippen molar-refractivity contribution < 1.29 is 0 Å². The minimum absolute atomic E-state index is 0.257. The quantitative estimate of drug-likeness (QED) is 0.708. The zero-order chi connectivity index (χ0) is 17.5. The molecule has 6 nitrogen and oxygen atoms in total. The topological polar surface area (TPSA) is 59.7 Å². The molecule has 1 saturated heterocycles. The number of nitrogens with zero attached hydrogens (tertiary/aromatic N) is 6. The third kappa shape index (κ3) is 2.47. The van der Waals surface area contributed by atoms with Crippen LogP contribution < -0.4 is 4.90 Å². The van der Waals surface area contributed by atoms with Gasteiger partial charge >= 0.3 is 0 Å². The second-order valence-corrected chi connectivity index (χ2v) is 7.46. The summed E-state index contributed by atoms with van der Waals surface area (Å²) in [4.78, 5) is 11.6. The van der Waals surface area contributed by atoms with Crippen molar-refractivity contribution in [1.82, 2.24) is 24.7 Å². The average Bonchev–Trinajstić information content (AvgIpc) is 3.22. The molecule has 134 valence electrons. The van der Waals surface area contributed by atoms with Gasteiger partial charge in [0.1, 0.15) is 18.0 Å². The molecule has 0 saturated carbocycles. The summed E-state index contributed by atoms with van der Waals surface area (Å²) in [6.45, 7) is 4.16. The fraction of sp³-hybridized carbons (Fsp3) is 0.500. The molecule has 2 aromatic heterocycles. The van der Waals surface area contributed by atoms with Crippen LogP contribution in [0.4, 0.5) is 5.82 Å². The monoisotopic (exact) mass is 348 g/mol. The zero-order valence-corrected chi connectivity index (χ0v) is 15.2. The Bertz CT molecular complexity index is 947. The summed E-state index contributed by atoms with van der Waals surface area (Å²) < 4.78 is 2.38. The Morgan fingerprint density at radius 1 is 1.00 bits per heavy atom. The minimum Gasteiger partial charge on any atom is -0.346 e. The fourth-order valence-electron chi connectivity index (χ4n) is 4.49. The highest BCUT2D eigenvalue weighted by Gasteiger charge is 2.33. The molecule has 4 heterocycles. The Kier molecular flexibility index (Phi) is 3.84. The maximum Gasteiger partial charge on any atom is 0.155 e. The van der Waals surface area contributed by atoms with Crippen LogP contribution in [0.3, 0.4) is 0 Å². The van der Waals surface area contributed by atoms with Gasteiger partial charge in [-0.05, 0) is 44.2 Å². The molecule has 2 aliphatic heterocycles. The zero-order valence-electron chi connectivity index (χ0n) is 15.2. The largest absolute Gasteiger partial charge is 0.346 e. The van der Waals surface area contributed by atoms with Crippen LogP contribution >= 0.6 is 0 Å². The van der Waals surface area contributed by atoms with E-state index in [-0.39, 0.29) is 6.04 Å². The Hall–Kier alpha value is -2.50. The number of rotatable bonds is 2. The van der Waals surface area contributed by atoms with E-state index in [1.807, 2.05) is 0 Å². The van der Waals surface area contributed by atoms with Crippen LogP contribution in [0.2, 0.25) is 0 Å². The van der Waals surface area contributed by atoms with Gasteiger partial charge in [-0.15, -0.1) is 10.2 Å². The maximum absolute atomic E-state index is 4.68. The van der Waals surface area contributed by atoms with E-state index in [4.69, 9.17) is 0 Å². The molecule has 0 bridgehead atoms. The molecule has 2 aliphatic rings. The summed E-state index contributed by atoms with van der Waals surface area (Å²) in [6.07, 6.45) is 8.75. The van der Waals surface area contributed by atoms with Crippen LogP contribution in [-0.2, 0) is 13.0 Å². The molecular formula is C20H24N6. The summed E-state index contributed by atoms with van der Waals surface area (Å²) in [6, 6.07) is 6.60. The molecule has 3 aromatic rings. The Morgan fingerprint density at radius 2 is 1.96 bits per heavy atom. The van der Waals surface area contributed by atoms with E-state index >= 15 is 0 Å². The highest BCUT2D eigenvalue weighted by atomic mass is 15.3. The molecule has 6 heteroatoms. The predicted octanol–water partition coefficient (Wildman–Crippen LogP) is 3.60. The fourth-order valence-corrected chi connectivity index (χ4v) is 4.49. The number of hydrogen-bond donors (Lipinski definition) is 0. The maximum atomic E-state index is 4.68. The first-order valence-corrected chi connectivity index (χ1v) is 9.72. The van der Waals surface area contributed by atoms with Crippen molar-refractivity contribution in [1.29, 1.82) is 0 Å². The molecule has 1 fully saturated rings. The van der Waals surface area contributed by atoms with Crippen molar-refractivity contribution in [2.24, 2.45) is 0 Å². The minimum atomic E-state index is 0.257. The lowest BCUT2D eigenvalue weighted by atomic mass is 10.1. The highest BCUT2D eigenvalue weighted by Crippen LogP contribution is 2.38. The molecule has 0 radical (unpaired) electrons. The number of aromatic nitrogens is 5. The number of hydrogen-bond acceptors (Lipinski definition) is 5. The Morgan fingerprint density at radius 3 is 2.92 bits per heavy atom. The lowest BCUT2D eigenvalue weighted by molar-refractivity contribution is 0.558. The van der Waals surface area contributed by atoms with Crippen molar-refractivity contribution in [3.8, 4) is 0 Å². The number of aryl methyl sites for hydroxylation is 2. The average molecular weight is 348 g/mol. The summed E-state index contributed by atoms with van der Waals surface area (Å²) in [5.74, 6) is 3.32. The van der Waals surface area contributed by atoms with Crippen LogP contribution in [-0.4, -0.2) is 31.3 Å². The van der Waals surface area contributed by atoms with Gasteiger partial charge in [-0.1, -0.05) is 18.6 Å². The first-order chi connectivity index (χ1) is 12.8. The molecule has 0 N–H and O–H groups in total. The smallest absolute Gasteiger partial charge is 0.155 e. The van der Waals surface area contributed by atoms with Gasteiger partial charge in [0.25, 0.3) is 0 Å². The lowest BCUT2D eigenvalue weighted by Gasteiger charge is -2.26. The van der Waals surface area contributed by atoms with E-state index < -0.39 is 0 Å². The van der Waals surface area contributed by atoms with Crippen molar-refractivity contribution in [2.75, 3.05) is 11.4 Å². The summed E-state index contributed by atoms with van der Waals surface area (Å²) >= 11 is 0. The van der Waals surface area contributed by atoms with Crippen molar-refractivity contribution in [3.05, 3.63) is 41.7 Å². The lowest BCUT2D eigenvalue weighted by Crippen LogP contribution is -2.26. The molecule has 0 unspecified atom stereocenters. The van der Waals surface area contributed by atoms with Crippen molar-refractivity contribution in [3.63, 3.8) is 0 Å². The van der Waals surface area contributed by atoms with Crippen LogP contribution in [0, 0.1) is 6.92 Å².